The van der Waals surface area contributed by atoms with Crippen molar-refractivity contribution in [2.24, 2.45) is 0 Å². The Kier molecular flexibility index (Phi) is 4.36. The zero-order valence-electron chi connectivity index (χ0n) is 11.5. The molecule has 20 heavy (non-hydrogen) atoms. The highest BCUT2D eigenvalue weighted by molar-refractivity contribution is 7.89. The van der Waals surface area contributed by atoms with E-state index in [0.29, 0.717) is 24.8 Å². The van der Waals surface area contributed by atoms with Crippen LogP contribution in [0.1, 0.15) is 38.2 Å². The third-order valence-electron chi connectivity index (χ3n) is 3.79. The Hall–Kier alpha value is -1.11. The molecule has 1 aromatic rings. The number of hydrogen-bond acceptors (Lipinski definition) is 4. The Morgan fingerprint density at radius 3 is 2.60 bits per heavy atom. The number of rotatable bonds is 5. The quantitative estimate of drug-likeness (QED) is 0.768. The average molecular weight is 299 g/mol. The molecule has 0 saturated heterocycles. The van der Waals surface area contributed by atoms with Crippen molar-refractivity contribution in [1.29, 1.82) is 0 Å². The molecule has 1 aliphatic carbocycles. The van der Waals surface area contributed by atoms with Crippen LogP contribution >= 0.6 is 0 Å². The molecule has 6 heteroatoms. The highest BCUT2D eigenvalue weighted by Crippen LogP contribution is 2.39. The van der Waals surface area contributed by atoms with Gasteiger partial charge in [-0.1, -0.05) is 19.1 Å². The van der Waals surface area contributed by atoms with Crippen molar-refractivity contribution < 1.29 is 18.6 Å². The standard InChI is InChI=1S/C14H21NO4S/c1-2-10-20(18,19)15-13-4-3-9-14(13,17)11-5-7-12(16)8-6-11/h5-8,13,15-17H,2-4,9-10H2,1H3. The highest BCUT2D eigenvalue weighted by Gasteiger charge is 2.44. The normalized spacial score (nSPS) is 26.8. The second kappa shape index (κ2) is 5.71. The summed E-state index contributed by atoms with van der Waals surface area (Å²) in [7, 11) is -3.36. The molecule has 1 fully saturated rings. The van der Waals surface area contributed by atoms with Crippen LogP contribution in [-0.2, 0) is 15.6 Å². The van der Waals surface area contributed by atoms with Gasteiger partial charge in [-0.2, -0.15) is 0 Å². The van der Waals surface area contributed by atoms with Gasteiger partial charge in [-0.05, 0) is 43.4 Å². The van der Waals surface area contributed by atoms with Gasteiger partial charge in [-0.15, -0.1) is 0 Å². The minimum Gasteiger partial charge on any atom is -0.508 e. The van der Waals surface area contributed by atoms with Crippen molar-refractivity contribution in [1.82, 2.24) is 4.72 Å². The van der Waals surface area contributed by atoms with E-state index < -0.39 is 21.7 Å². The Balaban J connectivity index is 2.23. The lowest BCUT2D eigenvalue weighted by Gasteiger charge is -2.31. The molecule has 0 bridgehead atoms. The summed E-state index contributed by atoms with van der Waals surface area (Å²) in [6.45, 7) is 1.81. The molecule has 5 nitrogen and oxygen atoms in total. The van der Waals surface area contributed by atoms with E-state index in [1.54, 1.807) is 19.1 Å². The minimum absolute atomic E-state index is 0.0646. The molecular weight excluding hydrogens is 278 g/mol. The second-order valence-electron chi connectivity index (χ2n) is 5.35. The van der Waals surface area contributed by atoms with Crippen LogP contribution < -0.4 is 4.72 Å². The molecule has 112 valence electrons. The number of aromatic hydroxyl groups is 1. The lowest BCUT2D eigenvalue weighted by atomic mass is 9.89. The van der Waals surface area contributed by atoms with Crippen LogP contribution in [0.4, 0.5) is 0 Å². The van der Waals surface area contributed by atoms with Crippen molar-refractivity contribution in [2.75, 3.05) is 5.75 Å². The highest BCUT2D eigenvalue weighted by atomic mass is 32.2. The van der Waals surface area contributed by atoms with E-state index in [1.807, 2.05) is 0 Å². The second-order valence-corrected chi connectivity index (χ2v) is 7.23. The Labute approximate surface area is 119 Å². The van der Waals surface area contributed by atoms with Gasteiger partial charge in [0.25, 0.3) is 0 Å². The van der Waals surface area contributed by atoms with Gasteiger partial charge < -0.3 is 10.2 Å². The summed E-state index contributed by atoms with van der Waals surface area (Å²) in [4.78, 5) is 0. The van der Waals surface area contributed by atoms with Crippen LogP contribution in [0.5, 0.6) is 5.75 Å². The summed E-state index contributed by atoms with van der Waals surface area (Å²) in [5.74, 6) is 0.188. The summed E-state index contributed by atoms with van der Waals surface area (Å²) in [6.07, 6.45) is 2.42. The zero-order valence-corrected chi connectivity index (χ0v) is 12.4. The molecule has 0 amide bonds. The van der Waals surface area contributed by atoms with Crippen LogP contribution in [0, 0.1) is 0 Å². The maximum absolute atomic E-state index is 11.9. The SMILES string of the molecule is CCCS(=O)(=O)NC1CCCC1(O)c1ccc(O)cc1. The van der Waals surface area contributed by atoms with Gasteiger partial charge in [0.1, 0.15) is 11.4 Å². The van der Waals surface area contributed by atoms with Gasteiger partial charge >= 0.3 is 0 Å². The largest absolute Gasteiger partial charge is 0.508 e. The number of phenolic OH excluding ortho intramolecular Hbond substituents is 1. The predicted molar refractivity (Wildman–Crippen MR) is 76.9 cm³/mol. The van der Waals surface area contributed by atoms with Gasteiger partial charge in [0, 0.05) is 0 Å². The summed E-state index contributed by atoms with van der Waals surface area (Å²) in [5.41, 5.74) is -0.564. The van der Waals surface area contributed by atoms with Gasteiger partial charge in [-0.3, -0.25) is 0 Å². The third kappa shape index (κ3) is 3.13. The number of nitrogens with one attached hydrogen (secondary N) is 1. The van der Waals surface area contributed by atoms with Crippen LogP contribution in [0.3, 0.4) is 0 Å². The van der Waals surface area contributed by atoms with E-state index in [4.69, 9.17) is 0 Å². The molecule has 3 N–H and O–H groups in total. The first-order valence-corrected chi connectivity index (χ1v) is 8.54. The fraction of sp³-hybridized carbons (Fsp3) is 0.571. The summed E-state index contributed by atoms with van der Waals surface area (Å²) >= 11 is 0. The van der Waals surface area contributed by atoms with E-state index in [0.717, 1.165) is 6.42 Å². The molecule has 0 radical (unpaired) electrons. The molecule has 1 aliphatic rings. The molecular formula is C14H21NO4S. The molecule has 0 heterocycles. The maximum Gasteiger partial charge on any atom is 0.211 e. The van der Waals surface area contributed by atoms with Gasteiger partial charge in [-0.25, -0.2) is 13.1 Å². The maximum atomic E-state index is 11.9. The summed E-state index contributed by atoms with van der Waals surface area (Å²) in [5, 5.41) is 20.1. The first kappa shape index (κ1) is 15.3. The predicted octanol–water partition coefficient (Wildman–Crippen LogP) is 1.46. The molecule has 0 aliphatic heterocycles. The van der Waals surface area contributed by atoms with Crippen molar-refractivity contribution in [2.45, 2.75) is 44.2 Å². The fourth-order valence-corrected chi connectivity index (χ4v) is 4.19. The molecule has 0 spiro atoms. The Bertz CT molecular complexity index is 555. The van der Waals surface area contributed by atoms with Crippen molar-refractivity contribution in [3.05, 3.63) is 29.8 Å². The van der Waals surface area contributed by atoms with E-state index in [-0.39, 0.29) is 11.5 Å². The van der Waals surface area contributed by atoms with Gasteiger partial charge in [0.2, 0.25) is 10.0 Å². The van der Waals surface area contributed by atoms with Crippen molar-refractivity contribution in [3.8, 4) is 5.75 Å². The number of benzene rings is 1. The van der Waals surface area contributed by atoms with Crippen LogP contribution in [-0.4, -0.2) is 30.4 Å². The number of phenols is 1. The van der Waals surface area contributed by atoms with Crippen LogP contribution in [0.15, 0.2) is 24.3 Å². The van der Waals surface area contributed by atoms with Gasteiger partial charge in [0.15, 0.2) is 0 Å². The molecule has 2 atom stereocenters. The molecule has 0 aromatic heterocycles. The smallest absolute Gasteiger partial charge is 0.211 e. The topological polar surface area (TPSA) is 86.6 Å². The minimum atomic E-state index is -3.36. The van der Waals surface area contributed by atoms with Crippen LogP contribution in [0.2, 0.25) is 0 Å². The average Bonchev–Trinajstić information content (AvgIpc) is 2.72. The number of sulfonamides is 1. The van der Waals surface area contributed by atoms with E-state index in [1.165, 1.54) is 12.1 Å². The molecule has 2 unspecified atom stereocenters. The number of hydrogen-bond donors (Lipinski definition) is 3. The molecule has 1 saturated carbocycles. The Morgan fingerprint density at radius 2 is 2.00 bits per heavy atom. The third-order valence-corrected chi connectivity index (χ3v) is 5.38. The monoisotopic (exact) mass is 299 g/mol. The lowest BCUT2D eigenvalue weighted by molar-refractivity contribution is 0.0231. The Morgan fingerprint density at radius 1 is 1.35 bits per heavy atom. The van der Waals surface area contributed by atoms with Gasteiger partial charge in [0.05, 0.1) is 11.8 Å². The van der Waals surface area contributed by atoms with E-state index >= 15 is 0 Å². The summed E-state index contributed by atoms with van der Waals surface area (Å²) in [6, 6.07) is 5.78. The first-order valence-electron chi connectivity index (χ1n) is 6.89. The van der Waals surface area contributed by atoms with E-state index in [2.05, 4.69) is 4.72 Å². The lowest BCUT2D eigenvalue weighted by Crippen LogP contribution is -2.47. The molecule has 1 aromatic carbocycles. The van der Waals surface area contributed by atoms with E-state index in [9.17, 15) is 18.6 Å². The fourth-order valence-electron chi connectivity index (χ4n) is 2.79. The van der Waals surface area contributed by atoms with Crippen molar-refractivity contribution in [3.63, 3.8) is 0 Å². The molecule has 2 rings (SSSR count). The first-order chi connectivity index (χ1) is 9.37. The van der Waals surface area contributed by atoms with Crippen LogP contribution in [0.25, 0.3) is 0 Å². The summed E-state index contributed by atoms with van der Waals surface area (Å²) < 4.78 is 26.4. The number of aliphatic hydroxyl groups is 1. The zero-order chi connectivity index (χ0) is 14.8. The van der Waals surface area contributed by atoms with Crippen molar-refractivity contribution >= 4 is 10.0 Å².